The molecule has 0 atom stereocenters. The number of esters is 1. The van der Waals surface area contributed by atoms with E-state index in [9.17, 15) is 9.59 Å². The lowest BCUT2D eigenvalue weighted by Gasteiger charge is -1.99. The smallest absolute Gasteiger partial charge is 0.341 e. The topological polar surface area (TPSA) is 89.6 Å². The molecule has 1 aromatic heterocycles. The summed E-state index contributed by atoms with van der Waals surface area (Å²) in [6.45, 7) is 0. The van der Waals surface area contributed by atoms with E-state index in [2.05, 4.69) is 9.89 Å². The molecule has 0 aliphatic carbocycles. The second-order valence-electron chi connectivity index (χ2n) is 4.87. The molecule has 0 radical (unpaired) electrons. The fourth-order valence-electron chi connectivity index (χ4n) is 2.03. The first-order valence-electron chi connectivity index (χ1n) is 7.13. The molecule has 2 rings (SSSR count). The molecule has 0 aliphatic rings. The molecule has 6 heteroatoms. The Bertz CT molecular complexity index is 700. The highest BCUT2D eigenvalue weighted by Gasteiger charge is 2.15. The zero-order valence-electron chi connectivity index (χ0n) is 12.7. The number of benzene rings is 1. The number of nitrogens with zero attached hydrogens (tertiary/aromatic N) is 1. The molecule has 120 valence electrons. The number of carboxylic acid groups (broad SMARTS) is 1. The number of hydrogen-bond donors (Lipinski definition) is 1. The van der Waals surface area contributed by atoms with Gasteiger partial charge in [-0.05, 0) is 18.4 Å². The number of rotatable bonds is 7. The van der Waals surface area contributed by atoms with Crippen molar-refractivity contribution in [3.8, 4) is 11.3 Å². The Labute approximate surface area is 133 Å². The minimum Gasteiger partial charge on any atom is -0.477 e. The van der Waals surface area contributed by atoms with E-state index in [4.69, 9.17) is 9.63 Å². The van der Waals surface area contributed by atoms with Gasteiger partial charge in [-0.3, -0.25) is 4.79 Å². The molecule has 0 saturated heterocycles. The molecule has 0 spiro atoms. The maximum atomic E-state index is 11.1. The first kappa shape index (κ1) is 16.5. The van der Waals surface area contributed by atoms with Gasteiger partial charge in [-0.15, -0.1) is 0 Å². The lowest BCUT2D eigenvalue weighted by atomic mass is 10.1. The van der Waals surface area contributed by atoms with Crippen LogP contribution in [0.1, 0.15) is 35.2 Å². The van der Waals surface area contributed by atoms with Crippen LogP contribution in [0.2, 0.25) is 0 Å². The average Bonchev–Trinajstić information content (AvgIpc) is 3.04. The molecule has 6 nitrogen and oxygen atoms in total. The molecule has 2 aromatic rings. The van der Waals surface area contributed by atoms with E-state index in [1.807, 2.05) is 24.3 Å². The van der Waals surface area contributed by atoms with Crippen molar-refractivity contribution in [2.24, 2.45) is 0 Å². The zero-order valence-corrected chi connectivity index (χ0v) is 12.7. The van der Waals surface area contributed by atoms with E-state index in [1.54, 1.807) is 12.1 Å². The van der Waals surface area contributed by atoms with Crippen LogP contribution >= 0.6 is 0 Å². The van der Waals surface area contributed by atoms with Gasteiger partial charge >= 0.3 is 11.9 Å². The van der Waals surface area contributed by atoms with Gasteiger partial charge in [-0.2, -0.15) is 0 Å². The highest BCUT2D eigenvalue weighted by Crippen LogP contribution is 2.23. The van der Waals surface area contributed by atoms with Gasteiger partial charge in [0, 0.05) is 12.0 Å². The van der Waals surface area contributed by atoms with Gasteiger partial charge in [0.25, 0.3) is 0 Å². The summed E-state index contributed by atoms with van der Waals surface area (Å²) in [5.74, 6) is -1.28. The van der Waals surface area contributed by atoms with Crippen LogP contribution in [0, 0.1) is 0 Å². The molecule has 1 heterocycles. The summed E-state index contributed by atoms with van der Waals surface area (Å²) in [6, 6.07) is 7.32. The van der Waals surface area contributed by atoms with Crippen LogP contribution in [-0.4, -0.2) is 29.3 Å². The quantitative estimate of drug-likeness (QED) is 0.622. The summed E-state index contributed by atoms with van der Waals surface area (Å²) >= 11 is 0. The van der Waals surface area contributed by atoms with Crippen molar-refractivity contribution in [2.45, 2.75) is 19.3 Å². The number of unbranched alkanes of at least 4 members (excludes halogenated alkanes) is 1. The van der Waals surface area contributed by atoms with E-state index in [1.165, 1.54) is 7.11 Å². The predicted octanol–water partition coefficient (Wildman–Crippen LogP) is 3.40. The van der Waals surface area contributed by atoms with Crippen LogP contribution in [0.25, 0.3) is 17.3 Å². The number of carbonyl (C=O) groups excluding carboxylic acids is 1. The normalized spacial score (nSPS) is 10.8. The van der Waals surface area contributed by atoms with Gasteiger partial charge in [0.2, 0.25) is 0 Å². The Kier molecular flexibility index (Phi) is 5.68. The Morgan fingerprint density at radius 2 is 2.04 bits per heavy atom. The third-order valence-corrected chi connectivity index (χ3v) is 3.27. The van der Waals surface area contributed by atoms with Gasteiger partial charge in [-0.1, -0.05) is 41.6 Å². The summed E-state index contributed by atoms with van der Waals surface area (Å²) in [5, 5.41) is 12.8. The molecular weight excluding hydrogens is 298 g/mol. The van der Waals surface area contributed by atoms with Crippen LogP contribution in [0.5, 0.6) is 0 Å². The van der Waals surface area contributed by atoms with Crippen LogP contribution in [0.4, 0.5) is 0 Å². The maximum absolute atomic E-state index is 11.1. The Morgan fingerprint density at radius 3 is 2.70 bits per heavy atom. The predicted molar refractivity (Wildman–Crippen MR) is 83.8 cm³/mol. The van der Waals surface area contributed by atoms with Crippen LogP contribution in [0.15, 0.2) is 41.1 Å². The van der Waals surface area contributed by atoms with Gasteiger partial charge in [0.15, 0.2) is 0 Å². The van der Waals surface area contributed by atoms with Crippen molar-refractivity contribution in [2.75, 3.05) is 7.11 Å². The number of carboxylic acids is 1. The Morgan fingerprint density at radius 1 is 1.30 bits per heavy atom. The van der Waals surface area contributed by atoms with Crippen molar-refractivity contribution in [3.63, 3.8) is 0 Å². The Hall–Kier alpha value is -2.89. The van der Waals surface area contributed by atoms with E-state index in [0.29, 0.717) is 17.7 Å². The standard InChI is InChI=1S/C17H17NO5/c1-22-15(19)6-4-2-3-5-12-7-9-13(10-8-12)16-14(17(20)21)11-23-18-16/h3,5,7-11H,2,4,6H2,1H3,(H,20,21)/b5-3+. The number of allylic oxidation sites excluding steroid dienone is 1. The lowest BCUT2D eigenvalue weighted by Crippen LogP contribution is -1.98. The van der Waals surface area contributed by atoms with Crippen molar-refractivity contribution in [1.82, 2.24) is 5.16 Å². The van der Waals surface area contributed by atoms with Gasteiger partial charge in [-0.25, -0.2) is 4.79 Å². The first-order valence-corrected chi connectivity index (χ1v) is 7.13. The molecule has 0 saturated carbocycles. The van der Waals surface area contributed by atoms with E-state index in [-0.39, 0.29) is 11.5 Å². The van der Waals surface area contributed by atoms with Crippen LogP contribution in [-0.2, 0) is 9.53 Å². The van der Waals surface area contributed by atoms with Gasteiger partial charge in [0.05, 0.1) is 7.11 Å². The molecule has 1 N–H and O–H groups in total. The van der Waals surface area contributed by atoms with E-state index < -0.39 is 5.97 Å². The third-order valence-electron chi connectivity index (χ3n) is 3.27. The largest absolute Gasteiger partial charge is 0.477 e. The third kappa shape index (κ3) is 4.54. The molecule has 23 heavy (non-hydrogen) atoms. The fraction of sp³-hybridized carbons (Fsp3) is 0.235. The van der Waals surface area contributed by atoms with Gasteiger partial charge in [0.1, 0.15) is 17.5 Å². The average molecular weight is 315 g/mol. The van der Waals surface area contributed by atoms with Crippen molar-refractivity contribution in [3.05, 3.63) is 47.7 Å². The number of hydrogen-bond acceptors (Lipinski definition) is 5. The second kappa shape index (κ2) is 7.93. The number of aromatic nitrogens is 1. The molecule has 1 aromatic carbocycles. The zero-order chi connectivity index (χ0) is 16.7. The summed E-state index contributed by atoms with van der Waals surface area (Å²) in [7, 11) is 1.38. The molecule has 0 amide bonds. The van der Waals surface area contributed by atoms with Crippen LogP contribution < -0.4 is 0 Å². The number of methoxy groups -OCH3 is 1. The molecule has 0 fully saturated rings. The Balaban J connectivity index is 1.96. The van der Waals surface area contributed by atoms with E-state index >= 15 is 0 Å². The summed E-state index contributed by atoms with van der Waals surface area (Å²) in [6.07, 6.45) is 6.97. The maximum Gasteiger partial charge on any atom is 0.341 e. The molecule has 0 unspecified atom stereocenters. The highest BCUT2D eigenvalue weighted by molar-refractivity contribution is 5.94. The van der Waals surface area contributed by atoms with Crippen molar-refractivity contribution < 1.29 is 24.0 Å². The summed E-state index contributed by atoms with van der Waals surface area (Å²) < 4.78 is 9.30. The SMILES string of the molecule is COC(=O)CCC/C=C/c1ccc(-c2nocc2C(=O)O)cc1. The lowest BCUT2D eigenvalue weighted by molar-refractivity contribution is -0.140. The number of ether oxygens (including phenoxy) is 1. The van der Waals surface area contributed by atoms with E-state index in [0.717, 1.165) is 24.7 Å². The monoisotopic (exact) mass is 315 g/mol. The highest BCUT2D eigenvalue weighted by atomic mass is 16.5. The molecule has 0 bridgehead atoms. The van der Waals surface area contributed by atoms with Crippen molar-refractivity contribution >= 4 is 18.0 Å². The minimum absolute atomic E-state index is 0.0381. The summed E-state index contributed by atoms with van der Waals surface area (Å²) in [5.41, 5.74) is 2.01. The number of aromatic carboxylic acids is 1. The second-order valence-corrected chi connectivity index (χ2v) is 4.87. The first-order chi connectivity index (χ1) is 11.1. The van der Waals surface area contributed by atoms with Crippen LogP contribution in [0.3, 0.4) is 0 Å². The van der Waals surface area contributed by atoms with Gasteiger partial charge < -0.3 is 14.4 Å². The fourth-order valence-corrected chi connectivity index (χ4v) is 2.03. The number of carbonyl (C=O) groups is 2. The summed E-state index contributed by atoms with van der Waals surface area (Å²) in [4.78, 5) is 22.0. The molecular formula is C17H17NO5. The van der Waals surface area contributed by atoms with Crippen molar-refractivity contribution in [1.29, 1.82) is 0 Å². The molecule has 0 aliphatic heterocycles. The minimum atomic E-state index is -1.07.